The average molecular weight is 303 g/mol. The number of ether oxygens (including phenoxy) is 1. The van der Waals surface area contributed by atoms with E-state index in [1.54, 1.807) is 6.92 Å². The zero-order valence-corrected chi connectivity index (χ0v) is 12.0. The summed E-state index contributed by atoms with van der Waals surface area (Å²) in [4.78, 5) is 22.5. The number of carbonyl (C=O) groups excluding carboxylic acids is 2. The molecule has 1 rings (SSSR count). The monoisotopic (exact) mass is 303 g/mol. The molecule has 0 saturated heterocycles. The van der Waals surface area contributed by atoms with Crippen LogP contribution in [0, 0.1) is 0 Å². The van der Waals surface area contributed by atoms with Gasteiger partial charge in [-0.3, -0.25) is 4.79 Å². The molecule has 0 aromatic heterocycles. The molecule has 0 unspecified atom stereocenters. The van der Waals surface area contributed by atoms with Crippen molar-refractivity contribution in [1.29, 1.82) is 0 Å². The van der Waals surface area contributed by atoms with E-state index in [9.17, 15) is 18.0 Å². The second-order valence-corrected chi connectivity index (χ2v) is 6.20. The van der Waals surface area contributed by atoms with Crippen molar-refractivity contribution < 1.29 is 22.7 Å². The van der Waals surface area contributed by atoms with Crippen molar-refractivity contribution >= 4 is 33.0 Å². The Bertz CT molecular complexity index is 583. The lowest BCUT2D eigenvalue weighted by molar-refractivity contribution is 0.0596. The van der Waals surface area contributed by atoms with Crippen molar-refractivity contribution in [1.82, 2.24) is 4.72 Å². The van der Waals surface area contributed by atoms with Gasteiger partial charge in [-0.05, 0) is 17.9 Å². The number of benzene rings is 1. The number of sulfonamides is 1. The van der Waals surface area contributed by atoms with Crippen LogP contribution < -0.4 is 4.72 Å². The maximum atomic E-state index is 12.0. The molecule has 0 heterocycles. The first-order valence-electron chi connectivity index (χ1n) is 5.29. The molecule has 1 amide bonds. The van der Waals surface area contributed by atoms with E-state index >= 15 is 0 Å². The van der Waals surface area contributed by atoms with Crippen LogP contribution in [0.5, 0.6) is 0 Å². The standard InChI is InChI=1S/C11H13NO5S2/c1-3-18-11(14)12-19(15,16)9-7-5-4-6-8(9)10(13)17-2/h4-7H,3H2,1-2H3,(H,12,14). The molecule has 0 radical (unpaired) electrons. The Labute approximate surface area is 115 Å². The van der Waals surface area contributed by atoms with Crippen LogP contribution in [-0.2, 0) is 14.8 Å². The number of esters is 1. The summed E-state index contributed by atoms with van der Waals surface area (Å²) >= 11 is 0.827. The van der Waals surface area contributed by atoms with Gasteiger partial charge >= 0.3 is 5.97 Å². The smallest absolute Gasteiger partial charge is 0.339 e. The van der Waals surface area contributed by atoms with Gasteiger partial charge in [-0.1, -0.05) is 30.8 Å². The Hall–Kier alpha value is -1.54. The Morgan fingerprint density at radius 3 is 2.53 bits per heavy atom. The van der Waals surface area contributed by atoms with E-state index in [1.165, 1.54) is 24.3 Å². The summed E-state index contributed by atoms with van der Waals surface area (Å²) < 4.78 is 30.4. The van der Waals surface area contributed by atoms with Gasteiger partial charge in [0.25, 0.3) is 15.3 Å². The largest absolute Gasteiger partial charge is 0.465 e. The number of nitrogens with one attached hydrogen (secondary N) is 1. The average Bonchev–Trinajstić information content (AvgIpc) is 2.37. The van der Waals surface area contributed by atoms with Crippen LogP contribution in [0.15, 0.2) is 29.2 Å². The van der Waals surface area contributed by atoms with E-state index in [1.807, 2.05) is 4.72 Å². The number of hydrogen-bond donors (Lipinski definition) is 1. The highest BCUT2D eigenvalue weighted by Crippen LogP contribution is 2.17. The number of carbonyl (C=O) groups is 2. The van der Waals surface area contributed by atoms with Crippen LogP contribution in [-0.4, -0.2) is 32.5 Å². The molecule has 0 bridgehead atoms. The van der Waals surface area contributed by atoms with Crippen LogP contribution in [0.2, 0.25) is 0 Å². The molecule has 0 atom stereocenters. The minimum atomic E-state index is -4.09. The summed E-state index contributed by atoms with van der Waals surface area (Å²) in [6, 6.07) is 5.52. The minimum absolute atomic E-state index is 0.119. The topological polar surface area (TPSA) is 89.5 Å². The van der Waals surface area contributed by atoms with Crippen LogP contribution in [0.25, 0.3) is 0 Å². The minimum Gasteiger partial charge on any atom is -0.465 e. The molecular formula is C11H13NO5S2. The Morgan fingerprint density at radius 2 is 1.95 bits per heavy atom. The van der Waals surface area contributed by atoms with E-state index in [2.05, 4.69) is 4.74 Å². The third kappa shape index (κ3) is 3.97. The molecule has 19 heavy (non-hydrogen) atoms. The van der Waals surface area contributed by atoms with E-state index in [0.717, 1.165) is 18.9 Å². The second-order valence-electron chi connectivity index (χ2n) is 3.31. The second kappa shape index (κ2) is 6.58. The van der Waals surface area contributed by atoms with Crippen molar-refractivity contribution in [2.24, 2.45) is 0 Å². The molecule has 0 aliphatic rings. The normalized spacial score (nSPS) is 10.8. The Balaban J connectivity index is 3.15. The van der Waals surface area contributed by atoms with Crippen molar-refractivity contribution in [2.45, 2.75) is 11.8 Å². The third-order valence-corrected chi connectivity index (χ3v) is 4.25. The predicted octanol–water partition coefficient (Wildman–Crippen LogP) is 1.62. The van der Waals surface area contributed by atoms with Crippen molar-refractivity contribution in [3.63, 3.8) is 0 Å². The zero-order valence-electron chi connectivity index (χ0n) is 10.4. The number of methoxy groups -OCH3 is 1. The summed E-state index contributed by atoms with van der Waals surface area (Å²) in [6.45, 7) is 1.72. The van der Waals surface area contributed by atoms with Crippen molar-refractivity contribution in [3.05, 3.63) is 29.8 Å². The highest BCUT2D eigenvalue weighted by molar-refractivity contribution is 8.14. The highest BCUT2D eigenvalue weighted by atomic mass is 32.2. The van der Waals surface area contributed by atoms with Crippen LogP contribution >= 0.6 is 11.8 Å². The van der Waals surface area contributed by atoms with Gasteiger partial charge in [0.15, 0.2) is 0 Å². The first kappa shape index (κ1) is 15.5. The summed E-state index contributed by atoms with van der Waals surface area (Å²) in [7, 11) is -2.94. The quantitative estimate of drug-likeness (QED) is 0.850. The van der Waals surface area contributed by atoms with Crippen LogP contribution in [0.1, 0.15) is 17.3 Å². The fourth-order valence-electron chi connectivity index (χ4n) is 1.30. The van der Waals surface area contributed by atoms with Gasteiger partial charge in [0.2, 0.25) is 0 Å². The summed E-state index contributed by atoms with van der Waals surface area (Å²) in [5.41, 5.74) is -0.119. The molecule has 104 valence electrons. The maximum Gasteiger partial charge on any atom is 0.339 e. The van der Waals surface area contributed by atoms with Gasteiger partial charge in [-0.15, -0.1) is 0 Å². The summed E-state index contributed by atoms with van der Waals surface area (Å²) in [6.07, 6.45) is 0. The SMILES string of the molecule is CCSC(=O)NS(=O)(=O)c1ccccc1C(=O)OC. The molecule has 1 aromatic carbocycles. The molecule has 0 spiro atoms. The molecular weight excluding hydrogens is 290 g/mol. The molecule has 0 aliphatic carbocycles. The number of thioether (sulfide) groups is 1. The molecule has 1 N–H and O–H groups in total. The molecule has 8 heteroatoms. The van der Waals surface area contributed by atoms with Gasteiger partial charge in [-0.25, -0.2) is 17.9 Å². The molecule has 0 saturated carbocycles. The Kier molecular flexibility index (Phi) is 5.37. The van der Waals surface area contributed by atoms with Gasteiger partial charge in [-0.2, -0.15) is 0 Å². The lowest BCUT2D eigenvalue weighted by Crippen LogP contribution is -2.29. The first-order chi connectivity index (χ1) is 8.92. The van der Waals surface area contributed by atoms with Gasteiger partial charge < -0.3 is 4.74 Å². The lowest BCUT2D eigenvalue weighted by Gasteiger charge is -2.09. The van der Waals surface area contributed by atoms with E-state index in [4.69, 9.17) is 0 Å². The first-order valence-corrected chi connectivity index (χ1v) is 7.76. The van der Waals surface area contributed by atoms with E-state index in [0.29, 0.717) is 5.75 Å². The number of rotatable bonds is 4. The lowest BCUT2D eigenvalue weighted by atomic mass is 10.2. The van der Waals surface area contributed by atoms with E-state index < -0.39 is 21.2 Å². The van der Waals surface area contributed by atoms with Crippen molar-refractivity contribution in [2.75, 3.05) is 12.9 Å². The van der Waals surface area contributed by atoms with Gasteiger partial charge in [0.1, 0.15) is 4.90 Å². The summed E-state index contributed by atoms with van der Waals surface area (Å²) in [5.74, 6) is -0.337. The third-order valence-electron chi connectivity index (χ3n) is 2.08. The number of hydrogen-bond acceptors (Lipinski definition) is 6. The van der Waals surface area contributed by atoms with Crippen molar-refractivity contribution in [3.8, 4) is 0 Å². The van der Waals surface area contributed by atoms with Crippen LogP contribution in [0.3, 0.4) is 0 Å². The number of amides is 1. The molecule has 0 aliphatic heterocycles. The highest BCUT2D eigenvalue weighted by Gasteiger charge is 2.24. The molecule has 0 fully saturated rings. The Morgan fingerprint density at radius 1 is 1.32 bits per heavy atom. The van der Waals surface area contributed by atoms with E-state index in [-0.39, 0.29) is 10.5 Å². The molecule has 1 aromatic rings. The van der Waals surface area contributed by atoms with Gasteiger partial charge in [0, 0.05) is 0 Å². The predicted molar refractivity (Wildman–Crippen MR) is 71.6 cm³/mol. The summed E-state index contributed by atoms with van der Waals surface area (Å²) in [5, 5.41) is -0.692. The fourth-order valence-corrected chi connectivity index (χ4v) is 3.16. The fraction of sp³-hybridized carbons (Fsp3) is 0.273. The maximum absolute atomic E-state index is 12.0. The van der Waals surface area contributed by atoms with Crippen LogP contribution in [0.4, 0.5) is 4.79 Å². The molecule has 6 nitrogen and oxygen atoms in total. The van der Waals surface area contributed by atoms with Gasteiger partial charge in [0.05, 0.1) is 12.7 Å². The zero-order chi connectivity index (χ0) is 14.5.